The highest BCUT2D eigenvalue weighted by molar-refractivity contribution is 5.92. The Hall–Kier alpha value is -3.65. The smallest absolute Gasteiger partial charge is 0.331 e. The number of hydrogen-bond acceptors (Lipinski definition) is 6. The second-order valence-corrected chi connectivity index (χ2v) is 9.27. The molecule has 0 radical (unpaired) electrons. The Morgan fingerprint density at radius 3 is 2.84 bits per heavy atom. The highest BCUT2D eigenvalue weighted by Crippen LogP contribution is 2.33. The van der Waals surface area contributed by atoms with E-state index in [0.717, 1.165) is 36.4 Å². The molecule has 3 rings (SSSR count). The van der Waals surface area contributed by atoms with Crippen LogP contribution in [0.15, 0.2) is 53.0 Å². The lowest BCUT2D eigenvalue weighted by Crippen LogP contribution is -2.42. The van der Waals surface area contributed by atoms with Gasteiger partial charge in [-0.05, 0) is 83.1 Å². The fraction of sp³-hybridized carbons (Fsp3) is 0.414. The molecule has 198 valence electrons. The lowest BCUT2D eigenvalue weighted by molar-refractivity contribution is -0.149. The molecular formula is C29H37N3O5. The zero-order valence-corrected chi connectivity index (χ0v) is 22.1. The van der Waals surface area contributed by atoms with Gasteiger partial charge in [-0.2, -0.15) is 0 Å². The molecule has 0 saturated heterocycles. The highest BCUT2D eigenvalue weighted by Gasteiger charge is 2.35. The predicted molar refractivity (Wildman–Crippen MR) is 143 cm³/mol. The largest absolute Gasteiger partial charge is 0.493 e. The monoisotopic (exact) mass is 507 g/mol. The van der Waals surface area contributed by atoms with Gasteiger partial charge in [-0.15, -0.1) is 0 Å². The van der Waals surface area contributed by atoms with E-state index in [0.29, 0.717) is 43.2 Å². The van der Waals surface area contributed by atoms with Gasteiger partial charge < -0.3 is 24.1 Å². The van der Waals surface area contributed by atoms with E-state index in [1.165, 1.54) is 11.0 Å². The third kappa shape index (κ3) is 7.92. The number of ether oxygens (including phenoxy) is 1. The number of fused-ring (bicyclic) bond motifs is 1. The van der Waals surface area contributed by atoms with Crippen molar-refractivity contribution in [2.75, 3.05) is 33.8 Å². The van der Waals surface area contributed by atoms with E-state index < -0.39 is 12.0 Å². The summed E-state index contributed by atoms with van der Waals surface area (Å²) in [6.07, 6.45) is 13.7. The molecule has 0 spiro atoms. The molecule has 37 heavy (non-hydrogen) atoms. The van der Waals surface area contributed by atoms with Crippen LogP contribution in [0.1, 0.15) is 54.3 Å². The highest BCUT2D eigenvalue weighted by atomic mass is 16.5. The average Bonchev–Trinajstić information content (AvgIpc) is 3.21. The molecule has 0 aliphatic carbocycles. The van der Waals surface area contributed by atoms with Crippen LogP contribution < -0.4 is 4.74 Å². The van der Waals surface area contributed by atoms with Crippen molar-refractivity contribution in [3.63, 3.8) is 0 Å². The van der Waals surface area contributed by atoms with E-state index >= 15 is 0 Å². The van der Waals surface area contributed by atoms with Crippen molar-refractivity contribution in [1.82, 2.24) is 14.8 Å². The molecule has 1 aromatic heterocycles. The number of aryl methyl sites for hydroxylation is 1. The maximum absolute atomic E-state index is 12.7. The van der Waals surface area contributed by atoms with Crippen molar-refractivity contribution >= 4 is 18.0 Å². The van der Waals surface area contributed by atoms with Gasteiger partial charge in [0.2, 0.25) is 11.8 Å². The quantitative estimate of drug-likeness (QED) is 0.255. The number of rotatable bonds is 12. The third-order valence-electron chi connectivity index (χ3n) is 6.16. The Bertz CT molecular complexity index is 1160. The summed E-state index contributed by atoms with van der Waals surface area (Å²) in [5, 5.41) is 9.94. The van der Waals surface area contributed by atoms with Gasteiger partial charge in [0, 0.05) is 19.0 Å². The molecule has 1 amide bonds. The van der Waals surface area contributed by atoms with Crippen LogP contribution in [0.5, 0.6) is 5.75 Å². The summed E-state index contributed by atoms with van der Waals surface area (Å²) in [6, 6.07) is 4.41. The molecule has 8 heteroatoms. The van der Waals surface area contributed by atoms with Crippen LogP contribution in [0.25, 0.3) is 6.08 Å². The Labute approximate surface area is 218 Å². The number of oxazole rings is 1. The van der Waals surface area contributed by atoms with E-state index in [4.69, 9.17) is 9.15 Å². The van der Waals surface area contributed by atoms with Gasteiger partial charge in [-0.3, -0.25) is 4.79 Å². The fourth-order valence-electron chi connectivity index (χ4n) is 4.26. The molecule has 1 aliphatic heterocycles. The van der Waals surface area contributed by atoms with Gasteiger partial charge in [0.1, 0.15) is 11.5 Å². The molecular weight excluding hydrogens is 470 g/mol. The predicted octanol–water partition coefficient (Wildman–Crippen LogP) is 4.60. The van der Waals surface area contributed by atoms with Crippen molar-refractivity contribution in [1.29, 1.82) is 0 Å². The number of hydrogen-bond donors (Lipinski definition) is 1. The first-order valence-electron chi connectivity index (χ1n) is 12.7. The summed E-state index contributed by atoms with van der Waals surface area (Å²) in [5.41, 5.74) is 2.33. The number of carboxylic acids is 1. The Morgan fingerprint density at radius 2 is 2.11 bits per heavy atom. The number of allylic oxidation sites excluding steroid dienone is 4. The minimum absolute atomic E-state index is 0.327. The van der Waals surface area contributed by atoms with Crippen LogP contribution in [0.2, 0.25) is 0 Å². The topological polar surface area (TPSA) is 96.1 Å². The number of carboxylic acid groups (broad SMARTS) is 1. The maximum atomic E-state index is 12.7. The normalized spacial score (nSPS) is 15.8. The summed E-state index contributed by atoms with van der Waals surface area (Å²) < 4.78 is 11.7. The van der Waals surface area contributed by atoms with Crippen LogP contribution in [-0.4, -0.2) is 65.6 Å². The molecule has 1 atom stereocenters. The van der Waals surface area contributed by atoms with Crippen molar-refractivity contribution in [3.8, 4) is 5.75 Å². The number of carbonyl (C=O) groups excluding carboxylic acids is 1. The summed E-state index contributed by atoms with van der Waals surface area (Å²) >= 11 is 0. The number of aromatic nitrogens is 1. The van der Waals surface area contributed by atoms with Crippen molar-refractivity contribution in [2.24, 2.45) is 0 Å². The van der Waals surface area contributed by atoms with E-state index in [2.05, 4.69) is 30.1 Å². The first kappa shape index (κ1) is 27.9. The zero-order chi connectivity index (χ0) is 26.8. The number of nitrogens with zero attached hydrogens (tertiary/aromatic N) is 3. The molecule has 1 aliphatic rings. The Balaban J connectivity index is 1.63. The number of carbonyl (C=O) groups is 2. The SMILES string of the molecule is CC=CC=CC(=O)N1CCc2ccc(OCCc3nc(/C=C/CCCN(C)C)oc3C)cc2C1C(=O)O. The van der Waals surface area contributed by atoms with Gasteiger partial charge >= 0.3 is 5.97 Å². The third-order valence-corrected chi connectivity index (χ3v) is 6.16. The summed E-state index contributed by atoms with van der Waals surface area (Å²) in [6.45, 7) is 5.49. The molecule has 2 heterocycles. The van der Waals surface area contributed by atoms with E-state index in [1.54, 1.807) is 24.3 Å². The standard InChI is InChI=1S/C29H37N3O5/c1-5-6-8-12-27(33)32-18-15-22-13-14-23(20-24(22)28(32)29(34)35)36-19-16-25-21(2)37-26(30-25)11-9-7-10-17-31(3)4/h5-6,8-9,11-14,20,28H,7,10,15-19H2,1-4H3,(H,34,35)/b6-5?,11-9+,12-8?. The first-order valence-corrected chi connectivity index (χ1v) is 12.7. The minimum Gasteiger partial charge on any atom is -0.493 e. The van der Waals surface area contributed by atoms with Crippen molar-refractivity contribution in [3.05, 3.63) is 77.1 Å². The molecule has 1 aromatic carbocycles. The molecule has 0 saturated carbocycles. The molecule has 2 aromatic rings. The van der Waals surface area contributed by atoms with E-state index in [9.17, 15) is 14.7 Å². The lowest BCUT2D eigenvalue weighted by atomic mass is 9.92. The van der Waals surface area contributed by atoms with Crippen LogP contribution in [0.3, 0.4) is 0 Å². The number of unbranched alkanes of at least 4 members (excludes halogenated alkanes) is 1. The molecule has 8 nitrogen and oxygen atoms in total. The van der Waals surface area contributed by atoms with Gasteiger partial charge in [-0.1, -0.05) is 30.4 Å². The summed E-state index contributed by atoms with van der Waals surface area (Å²) in [4.78, 5) is 32.9. The Morgan fingerprint density at radius 1 is 1.30 bits per heavy atom. The second-order valence-electron chi connectivity index (χ2n) is 9.27. The van der Waals surface area contributed by atoms with Gasteiger partial charge in [0.05, 0.1) is 12.3 Å². The molecule has 1 N–H and O–H groups in total. The number of amides is 1. The molecule has 0 bridgehead atoms. The second kappa shape index (κ2) is 13.6. The van der Waals surface area contributed by atoms with Crippen LogP contribution >= 0.6 is 0 Å². The van der Waals surface area contributed by atoms with Crippen molar-refractivity contribution < 1.29 is 23.8 Å². The zero-order valence-electron chi connectivity index (χ0n) is 22.1. The maximum Gasteiger partial charge on any atom is 0.331 e. The first-order chi connectivity index (χ1) is 17.8. The lowest BCUT2D eigenvalue weighted by Gasteiger charge is -2.34. The van der Waals surface area contributed by atoms with E-state index in [1.807, 2.05) is 32.1 Å². The van der Waals surface area contributed by atoms with Crippen molar-refractivity contribution in [2.45, 2.75) is 45.6 Å². The number of aliphatic carboxylic acids is 1. The summed E-state index contributed by atoms with van der Waals surface area (Å²) in [5.74, 6) is 0.514. The average molecular weight is 508 g/mol. The van der Waals surface area contributed by atoms with Crippen LogP contribution in [-0.2, 0) is 22.4 Å². The van der Waals surface area contributed by atoms with E-state index in [-0.39, 0.29) is 5.91 Å². The van der Waals surface area contributed by atoms with Gasteiger partial charge in [-0.25, -0.2) is 9.78 Å². The molecule has 1 unspecified atom stereocenters. The van der Waals surface area contributed by atoms with Crippen LogP contribution in [0, 0.1) is 6.92 Å². The van der Waals surface area contributed by atoms with Gasteiger partial charge in [0.15, 0.2) is 6.04 Å². The minimum atomic E-state index is -1.06. The van der Waals surface area contributed by atoms with Gasteiger partial charge in [0.25, 0.3) is 0 Å². The fourth-order valence-corrected chi connectivity index (χ4v) is 4.26. The summed E-state index contributed by atoms with van der Waals surface area (Å²) in [7, 11) is 4.12. The van der Waals surface area contributed by atoms with Crippen LogP contribution in [0.4, 0.5) is 0 Å². The number of benzene rings is 1. The molecule has 0 fully saturated rings. The Kier molecular flexibility index (Phi) is 10.3.